The van der Waals surface area contributed by atoms with E-state index < -0.39 is 17.9 Å². The van der Waals surface area contributed by atoms with Gasteiger partial charge in [0.2, 0.25) is 0 Å². The molecule has 0 atom stereocenters. The summed E-state index contributed by atoms with van der Waals surface area (Å²) in [4.78, 5) is 11.6. The molecule has 1 heterocycles. The molecule has 0 unspecified atom stereocenters. The average Bonchev–Trinajstić information content (AvgIpc) is 2.68. The summed E-state index contributed by atoms with van der Waals surface area (Å²) >= 11 is 0. The molecule has 0 spiro atoms. The molecule has 1 aliphatic carbocycles. The summed E-state index contributed by atoms with van der Waals surface area (Å²) in [6.45, 7) is 1.38. The number of fused-ring (bicyclic) bond motifs is 1. The van der Waals surface area contributed by atoms with E-state index in [9.17, 15) is 9.90 Å². The lowest BCUT2D eigenvalue weighted by Crippen LogP contribution is -2.11. The number of aliphatic hydroxyl groups excluding tert-OH is 1. The molecule has 0 aromatic carbocycles. The van der Waals surface area contributed by atoms with Crippen molar-refractivity contribution >= 4 is 17.6 Å². The van der Waals surface area contributed by atoms with Crippen molar-refractivity contribution in [3.05, 3.63) is 34.6 Å². The lowest BCUT2D eigenvalue weighted by molar-refractivity contribution is 0.104. The molecular weight excluding hydrogens is 168 g/mol. The van der Waals surface area contributed by atoms with Crippen LogP contribution in [0, 0.1) is 0 Å². The molecule has 1 aliphatic rings. The van der Waals surface area contributed by atoms with Gasteiger partial charge in [-0.2, -0.15) is 0 Å². The summed E-state index contributed by atoms with van der Waals surface area (Å²) in [6.07, 6.45) is 0. The van der Waals surface area contributed by atoms with Crippen LogP contribution in [0.2, 0.25) is 0 Å². The zero-order valence-electron chi connectivity index (χ0n) is 9.84. The molecule has 3 nitrogen and oxygen atoms in total. The van der Waals surface area contributed by atoms with E-state index in [1.54, 1.807) is 0 Å². The lowest BCUT2D eigenvalue weighted by atomic mass is 10.1. The van der Waals surface area contributed by atoms with E-state index in [1.807, 2.05) is 0 Å². The Kier molecular flexibility index (Phi) is 1.02. The van der Waals surface area contributed by atoms with Crippen LogP contribution in [0.4, 0.5) is 0 Å². The average molecular weight is 179 g/mol. The van der Waals surface area contributed by atoms with Gasteiger partial charge in [0, 0.05) is 0 Å². The number of furan rings is 1. The van der Waals surface area contributed by atoms with Crippen LogP contribution in [0.15, 0.2) is 22.6 Å². The highest BCUT2D eigenvalue weighted by atomic mass is 16.3. The van der Waals surface area contributed by atoms with E-state index in [4.69, 9.17) is 8.53 Å². The molecule has 0 radical (unpaired) electrons. The summed E-state index contributed by atoms with van der Waals surface area (Å²) in [5.74, 6) is -0.777. The van der Waals surface area contributed by atoms with Crippen molar-refractivity contribution in [2.24, 2.45) is 0 Å². The Hall–Kier alpha value is -1.77. The van der Waals surface area contributed by atoms with E-state index in [0.29, 0.717) is 0 Å². The Bertz CT molecular complexity index is 633. The first-order chi connectivity index (χ1) is 7.43. The van der Waals surface area contributed by atoms with Crippen molar-refractivity contribution < 1.29 is 18.4 Å². The second kappa shape index (κ2) is 2.62. The minimum atomic E-state index is -0.660. The van der Waals surface area contributed by atoms with Crippen molar-refractivity contribution in [1.29, 1.82) is 0 Å². The highest BCUT2D eigenvalue weighted by molar-refractivity contribution is 6.06. The molecule has 3 heteroatoms. The third-order valence-electron chi connectivity index (χ3n) is 1.69. The van der Waals surface area contributed by atoms with Crippen molar-refractivity contribution in [1.82, 2.24) is 0 Å². The topological polar surface area (TPSA) is 50.4 Å². The van der Waals surface area contributed by atoms with Crippen LogP contribution >= 0.6 is 0 Å². The van der Waals surface area contributed by atoms with Crippen LogP contribution in [0.25, 0.3) is 11.8 Å². The SMILES string of the molecule is [2H]C1=C([2H])C([2H])=c2oc(=C(C)O)cc2C1=O. The third kappa shape index (κ3) is 1.18. The molecule has 13 heavy (non-hydrogen) atoms. The molecule has 1 aromatic rings. The van der Waals surface area contributed by atoms with Gasteiger partial charge >= 0.3 is 0 Å². The van der Waals surface area contributed by atoms with Crippen LogP contribution in [0.1, 0.15) is 21.4 Å². The molecule has 0 bridgehead atoms. The molecule has 0 saturated carbocycles. The number of hydrogen-bond donors (Lipinski definition) is 1. The Labute approximate surface area is 78.5 Å². The number of carbonyl (C=O) groups excluding carboxylic acids is 1. The first kappa shape index (κ1) is 5.07. The molecule has 2 rings (SSSR count). The maximum absolute atomic E-state index is 11.6. The van der Waals surface area contributed by atoms with Gasteiger partial charge in [0.05, 0.1) is 9.68 Å². The van der Waals surface area contributed by atoms with E-state index in [0.717, 1.165) is 0 Å². The summed E-state index contributed by atoms with van der Waals surface area (Å²) in [7, 11) is 0. The highest BCUT2D eigenvalue weighted by Crippen LogP contribution is 1.98. The summed E-state index contributed by atoms with van der Waals surface area (Å²) in [6, 6.07) is -0.0239. The van der Waals surface area contributed by atoms with Gasteiger partial charge in [-0.1, -0.05) is 6.05 Å². The van der Waals surface area contributed by atoms with Crippen LogP contribution in [0.5, 0.6) is 0 Å². The van der Waals surface area contributed by atoms with Crippen molar-refractivity contribution in [2.75, 3.05) is 0 Å². The van der Waals surface area contributed by atoms with Crippen LogP contribution in [-0.2, 0) is 0 Å². The van der Waals surface area contributed by atoms with Gasteiger partial charge in [-0.15, -0.1) is 0 Å². The largest absolute Gasteiger partial charge is 0.509 e. The second-order valence-electron chi connectivity index (χ2n) is 2.64. The normalized spacial score (nSPS) is 22.1. The van der Waals surface area contributed by atoms with Gasteiger partial charge in [-0.3, -0.25) is 4.79 Å². The van der Waals surface area contributed by atoms with Crippen molar-refractivity contribution in [3.8, 4) is 0 Å². The van der Waals surface area contributed by atoms with Crippen molar-refractivity contribution in [3.63, 3.8) is 0 Å². The maximum Gasteiger partial charge on any atom is 0.189 e. The standard InChI is InChI=1S/C10H8O3/c1-6(11)10-5-7-8(12)3-2-4-9(7)13-10/h2-5,11H,1H3/i2D,3D,4D. The predicted molar refractivity (Wildman–Crippen MR) is 47.6 cm³/mol. The van der Waals surface area contributed by atoms with Crippen LogP contribution in [-0.4, -0.2) is 10.9 Å². The van der Waals surface area contributed by atoms with Gasteiger partial charge in [0.25, 0.3) is 0 Å². The first-order valence-electron chi connectivity index (χ1n) is 5.16. The zero-order valence-corrected chi connectivity index (χ0v) is 6.84. The van der Waals surface area contributed by atoms with Crippen molar-refractivity contribution in [2.45, 2.75) is 6.92 Å². The molecule has 66 valence electrons. The molecular formula is C10H8O3. The number of ketones is 1. The van der Waals surface area contributed by atoms with Gasteiger partial charge in [-0.25, -0.2) is 0 Å². The van der Waals surface area contributed by atoms with E-state index in [-0.39, 0.29) is 28.2 Å². The number of aliphatic hydroxyl groups is 1. The number of hydrogen-bond acceptors (Lipinski definition) is 3. The third-order valence-corrected chi connectivity index (χ3v) is 1.69. The Morgan fingerprint density at radius 1 is 1.69 bits per heavy atom. The second-order valence-corrected chi connectivity index (χ2v) is 2.64. The molecule has 0 aliphatic heterocycles. The molecule has 1 N–H and O–H groups in total. The Morgan fingerprint density at radius 2 is 2.46 bits per heavy atom. The maximum atomic E-state index is 11.6. The number of carbonyl (C=O) groups is 1. The molecule has 1 aromatic heterocycles. The van der Waals surface area contributed by atoms with E-state index >= 15 is 0 Å². The molecule has 0 amide bonds. The number of rotatable bonds is 0. The van der Waals surface area contributed by atoms with Crippen LogP contribution < -0.4 is 10.8 Å². The number of allylic oxidation sites excluding steroid dienone is 2. The predicted octanol–water partition coefficient (Wildman–Crippen LogP) is 0.499. The Morgan fingerprint density at radius 3 is 3.15 bits per heavy atom. The molecule has 0 saturated heterocycles. The fraction of sp³-hybridized carbons (Fsp3) is 0.100. The summed E-state index contributed by atoms with van der Waals surface area (Å²) < 4.78 is 27.4. The molecule has 0 fully saturated rings. The van der Waals surface area contributed by atoms with Gasteiger partial charge in [-0.05, 0) is 25.1 Å². The van der Waals surface area contributed by atoms with Gasteiger partial charge in [0.1, 0.15) is 11.2 Å². The summed E-state index contributed by atoms with van der Waals surface area (Å²) in [5, 5.41) is 9.21. The quantitative estimate of drug-likeness (QED) is 0.631. The first-order valence-corrected chi connectivity index (χ1v) is 3.66. The van der Waals surface area contributed by atoms with Gasteiger partial charge < -0.3 is 9.52 Å². The van der Waals surface area contributed by atoms with E-state index in [1.165, 1.54) is 13.0 Å². The van der Waals surface area contributed by atoms with E-state index in [2.05, 4.69) is 0 Å². The van der Waals surface area contributed by atoms with Gasteiger partial charge in [0.15, 0.2) is 11.2 Å². The fourth-order valence-corrected chi connectivity index (χ4v) is 1.04. The lowest BCUT2D eigenvalue weighted by Gasteiger charge is -1.91. The zero-order chi connectivity index (χ0) is 12.0. The smallest absolute Gasteiger partial charge is 0.189 e. The highest BCUT2D eigenvalue weighted by Gasteiger charge is 2.11. The van der Waals surface area contributed by atoms with Crippen LogP contribution in [0.3, 0.4) is 0 Å². The minimum Gasteiger partial charge on any atom is -0.509 e. The minimum absolute atomic E-state index is 0.0504. The summed E-state index contributed by atoms with van der Waals surface area (Å²) in [5.41, 5.74) is 0.0643. The fourth-order valence-electron chi connectivity index (χ4n) is 1.04. The monoisotopic (exact) mass is 179 g/mol. The Balaban J connectivity index is 2.92.